The molecule has 74 valence electrons. The van der Waals surface area contributed by atoms with Crippen LogP contribution in [0.4, 0.5) is 0 Å². The van der Waals surface area contributed by atoms with Crippen molar-refractivity contribution in [1.82, 2.24) is 0 Å². The standard InChI is InChI=1S/C12H15NO/c1-3-9(4-2)11-7-5-6-10(8-13)12(11)14/h5-7,9,14H,3-4H2,1-2H3. The number of hydrogen-bond donors (Lipinski definition) is 1. The number of aromatic hydroxyl groups is 1. The third-order valence-corrected chi connectivity index (χ3v) is 2.61. The minimum atomic E-state index is 0.156. The van der Waals surface area contributed by atoms with E-state index in [4.69, 9.17) is 5.26 Å². The second kappa shape index (κ2) is 4.66. The van der Waals surface area contributed by atoms with E-state index in [1.165, 1.54) is 0 Å². The van der Waals surface area contributed by atoms with Crippen LogP contribution in [-0.4, -0.2) is 5.11 Å². The van der Waals surface area contributed by atoms with Crippen LogP contribution in [0.3, 0.4) is 0 Å². The van der Waals surface area contributed by atoms with E-state index in [1.807, 2.05) is 18.2 Å². The van der Waals surface area contributed by atoms with Crippen molar-refractivity contribution in [3.8, 4) is 11.8 Å². The number of nitrogens with zero attached hydrogens (tertiary/aromatic N) is 1. The van der Waals surface area contributed by atoms with Gasteiger partial charge in [-0.25, -0.2) is 0 Å². The molecule has 0 radical (unpaired) electrons. The van der Waals surface area contributed by atoms with Crippen molar-refractivity contribution in [2.24, 2.45) is 0 Å². The number of nitriles is 1. The number of phenolic OH excluding ortho intramolecular Hbond substituents is 1. The average Bonchev–Trinajstić information content (AvgIpc) is 2.22. The molecule has 0 bridgehead atoms. The Morgan fingerprint density at radius 1 is 1.36 bits per heavy atom. The quantitative estimate of drug-likeness (QED) is 0.793. The van der Waals surface area contributed by atoms with Crippen LogP contribution >= 0.6 is 0 Å². The summed E-state index contributed by atoms with van der Waals surface area (Å²) in [7, 11) is 0. The van der Waals surface area contributed by atoms with Gasteiger partial charge in [0.2, 0.25) is 0 Å². The molecule has 0 aliphatic heterocycles. The molecule has 1 aromatic carbocycles. The highest BCUT2D eigenvalue weighted by atomic mass is 16.3. The molecule has 0 spiro atoms. The topological polar surface area (TPSA) is 44.0 Å². The second-order valence-corrected chi connectivity index (χ2v) is 3.37. The molecule has 2 nitrogen and oxygen atoms in total. The molecule has 1 N–H and O–H groups in total. The highest BCUT2D eigenvalue weighted by molar-refractivity contribution is 5.48. The Bertz CT molecular complexity index is 348. The number of rotatable bonds is 3. The number of benzene rings is 1. The molecule has 0 aliphatic carbocycles. The SMILES string of the molecule is CCC(CC)c1cccc(C#N)c1O. The van der Waals surface area contributed by atoms with E-state index in [1.54, 1.807) is 6.07 Å². The Morgan fingerprint density at radius 3 is 2.50 bits per heavy atom. The molecular formula is C12H15NO. The van der Waals surface area contributed by atoms with E-state index < -0.39 is 0 Å². The van der Waals surface area contributed by atoms with Gasteiger partial charge in [-0.15, -0.1) is 0 Å². The first-order valence-electron chi connectivity index (χ1n) is 4.96. The fourth-order valence-electron chi connectivity index (χ4n) is 1.71. The average molecular weight is 189 g/mol. The molecule has 0 unspecified atom stereocenters. The van der Waals surface area contributed by atoms with Gasteiger partial charge in [-0.2, -0.15) is 5.26 Å². The maximum absolute atomic E-state index is 9.80. The van der Waals surface area contributed by atoms with Crippen molar-refractivity contribution in [3.63, 3.8) is 0 Å². The van der Waals surface area contributed by atoms with E-state index in [-0.39, 0.29) is 5.75 Å². The van der Waals surface area contributed by atoms with E-state index in [2.05, 4.69) is 13.8 Å². The van der Waals surface area contributed by atoms with E-state index in [9.17, 15) is 5.11 Å². The van der Waals surface area contributed by atoms with Gasteiger partial charge >= 0.3 is 0 Å². The zero-order valence-corrected chi connectivity index (χ0v) is 8.62. The maximum Gasteiger partial charge on any atom is 0.136 e. The summed E-state index contributed by atoms with van der Waals surface area (Å²) < 4.78 is 0. The third kappa shape index (κ3) is 1.88. The third-order valence-electron chi connectivity index (χ3n) is 2.61. The van der Waals surface area contributed by atoms with Gasteiger partial charge in [-0.1, -0.05) is 26.0 Å². The Kier molecular flexibility index (Phi) is 3.53. The molecular weight excluding hydrogens is 174 g/mol. The summed E-state index contributed by atoms with van der Waals surface area (Å²) in [5, 5.41) is 18.6. The Labute approximate surface area is 84.8 Å². The molecule has 14 heavy (non-hydrogen) atoms. The zero-order valence-electron chi connectivity index (χ0n) is 8.62. The molecule has 0 fully saturated rings. The largest absolute Gasteiger partial charge is 0.506 e. The number of para-hydroxylation sites is 1. The first-order chi connectivity index (χ1) is 6.74. The molecule has 1 rings (SSSR count). The summed E-state index contributed by atoms with van der Waals surface area (Å²) in [5.41, 5.74) is 1.27. The van der Waals surface area contributed by atoms with Gasteiger partial charge in [0.05, 0.1) is 5.56 Å². The van der Waals surface area contributed by atoms with Crippen LogP contribution in [0, 0.1) is 11.3 Å². The van der Waals surface area contributed by atoms with Gasteiger partial charge in [-0.05, 0) is 30.4 Å². The lowest BCUT2D eigenvalue weighted by Gasteiger charge is -2.14. The summed E-state index contributed by atoms with van der Waals surface area (Å²) in [4.78, 5) is 0. The minimum Gasteiger partial charge on any atom is -0.506 e. The summed E-state index contributed by atoms with van der Waals surface area (Å²) in [6.07, 6.45) is 1.97. The normalized spacial score (nSPS) is 10.1. The van der Waals surface area contributed by atoms with Crippen LogP contribution in [0.15, 0.2) is 18.2 Å². The van der Waals surface area contributed by atoms with Crippen molar-refractivity contribution in [3.05, 3.63) is 29.3 Å². The van der Waals surface area contributed by atoms with Crippen LogP contribution in [0.2, 0.25) is 0 Å². The Hall–Kier alpha value is -1.49. The summed E-state index contributed by atoms with van der Waals surface area (Å²) >= 11 is 0. The molecule has 0 saturated carbocycles. The molecule has 2 heteroatoms. The van der Waals surface area contributed by atoms with Gasteiger partial charge < -0.3 is 5.11 Å². The van der Waals surface area contributed by atoms with Crippen molar-refractivity contribution >= 4 is 0 Å². The molecule has 1 aromatic rings. The highest BCUT2D eigenvalue weighted by Crippen LogP contribution is 2.32. The van der Waals surface area contributed by atoms with Gasteiger partial charge in [0, 0.05) is 0 Å². The maximum atomic E-state index is 9.80. The van der Waals surface area contributed by atoms with Crippen LogP contribution in [-0.2, 0) is 0 Å². The van der Waals surface area contributed by atoms with Crippen LogP contribution in [0.5, 0.6) is 5.75 Å². The Balaban J connectivity index is 3.15. The summed E-state index contributed by atoms with van der Waals surface area (Å²) in [6, 6.07) is 7.35. The molecule has 0 heterocycles. The smallest absolute Gasteiger partial charge is 0.136 e. The van der Waals surface area contributed by atoms with Gasteiger partial charge in [0.25, 0.3) is 0 Å². The van der Waals surface area contributed by atoms with E-state index in [0.29, 0.717) is 11.5 Å². The van der Waals surface area contributed by atoms with Crippen LogP contribution in [0.1, 0.15) is 43.7 Å². The van der Waals surface area contributed by atoms with Gasteiger partial charge in [0.15, 0.2) is 0 Å². The summed E-state index contributed by atoms with van der Waals surface area (Å²) in [5.74, 6) is 0.506. The monoisotopic (exact) mass is 189 g/mol. The van der Waals surface area contributed by atoms with Crippen molar-refractivity contribution in [1.29, 1.82) is 5.26 Å². The second-order valence-electron chi connectivity index (χ2n) is 3.37. The summed E-state index contributed by atoms with van der Waals surface area (Å²) in [6.45, 7) is 4.18. The Morgan fingerprint density at radius 2 is 2.00 bits per heavy atom. The zero-order chi connectivity index (χ0) is 10.6. The molecule has 0 amide bonds. The lowest BCUT2D eigenvalue weighted by atomic mass is 9.92. The van der Waals surface area contributed by atoms with Crippen LogP contribution in [0.25, 0.3) is 0 Å². The number of phenols is 1. The lowest BCUT2D eigenvalue weighted by Crippen LogP contribution is -1.96. The number of hydrogen-bond acceptors (Lipinski definition) is 2. The van der Waals surface area contributed by atoms with Crippen molar-refractivity contribution in [2.75, 3.05) is 0 Å². The van der Waals surface area contributed by atoms with Crippen LogP contribution < -0.4 is 0 Å². The molecule has 0 aromatic heterocycles. The molecule has 0 atom stereocenters. The fraction of sp³-hybridized carbons (Fsp3) is 0.417. The van der Waals surface area contributed by atoms with Crippen molar-refractivity contribution < 1.29 is 5.11 Å². The highest BCUT2D eigenvalue weighted by Gasteiger charge is 2.13. The first kappa shape index (κ1) is 10.6. The lowest BCUT2D eigenvalue weighted by molar-refractivity contribution is 0.455. The first-order valence-corrected chi connectivity index (χ1v) is 4.96. The predicted octanol–water partition coefficient (Wildman–Crippen LogP) is 3.17. The van der Waals surface area contributed by atoms with Gasteiger partial charge in [-0.3, -0.25) is 0 Å². The fourth-order valence-corrected chi connectivity index (χ4v) is 1.71. The van der Waals surface area contributed by atoms with E-state index >= 15 is 0 Å². The predicted molar refractivity (Wildman–Crippen MR) is 56.1 cm³/mol. The minimum absolute atomic E-state index is 0.156. The molecule has 0 saturated heterocycles. The molecule has 0 aliphatic rings. The van der Waals surface area contributed by atoms with Gasteiger partial charge in [0.1, 0.15) is 11.8 Å². The van der Waals surface area contributed by atoms with E-state index in [0.717, 1.165) is 18.4 Å². The van der Waals surface area contributed by atoms with Crippen molar-refractivity contribution in [2.45, 2.75) is 32.6 Å².